The van der Waals surface area contributed by atoms with Crippen LogP contribution in [0.25, 0.3) is 0 Å². The molecule has 0 fully saturated rings. The Bertz CT molecular complexity index is 246. The summed E-state index contributed by atoms with van der Waals surface area (Å²) in [7, 11) is 0. The van der Waals surface area contributed by atoms with Crippen molar-refractivity contribution in [1.82, 2.24) is 10.6 Å². The SMILES string of the molecule is C=CC1=C(/C=C\C)NC(=C)N1. The van der Waals surface area contributed by atoms with Crippen LogP contribution in [0.15, 0.2) is 48.6 Å². The Labute approximate surface area is 67.0 Å². The van der Waals surface area contributed by atoms with E-state index in [1.165, 1.54) is 0 Å². The maximum atomic E-state index is 3.74. The molecule has 0 radical (unpaired) electrons. The molecule has 0 amide bonds. The van der Waals surface area contributed by atoms with Gasteiger partial charge in [0.1, 0.15) is 5.82 Å². The summed E-state index contributed by atoms with van der Waals surface area (Å²) in [4.78, 5) is 0. The largest absolute Gasteiger partial charge is 0.341 e. The van der Waals surface area contributed by atoms with Crippen LogP contribution in [0.1, 0.15) is 6.92 Å². The lowest BCUT2D eigenvalue weighted by atomic mass is 10.3. The van der Waals surface area contributed by atoms with Gasteiger partial charge in [-0.2, -0.15) is 0 Å². The maximum Gasteiger partial charge on any atom is 0.100 e. The molecule has 1 aliphatic heterocycles. The van der Waals surface area contributed by atoms with Gasteiger partial charge in [-0.3, -0.25) is 0 Å². The molecule has 0 aromatic heterocycles. The van der Waals surface area contributed by atoms with E-state index in [2.05, 4.69) is 23.8 Å². The van der Waals surface area contributed by atoms with Crippen molar-refractivity contribution in [2.24, 2.45) is 0 Å². The highest BCUT2D eigenvalue weighted by Crippen LogP contribution is 2.10. The van der Waals surface area contributed by atoms with Crippen molar-refractivity contribution in [3.05, 3.63) is 48.6 Å². The van der Waals surface area contributed by atoms with Crippen LogP contribution in [0.4, 0.5) is 0 Å². The van der Waals surface area contributed by atoms with Crippen LogP contribution in [-0.4, -0.2) is 0 Å². The van der Waals surface area contributed by atoms with Crippen LogP contribution in [0, 0.1) is 0 Å². The molecule has 0 spiro atoms. The monoisotopic (exact) mass is 148 g/mol. The molecule has 0 saturated heterocycles. The van der Waals surface area contributed by atoms with Gasteiger partial charge in [0.2, 0.25) is 0 Å². The Morgan fingerprint density at radius 1 is 1.27 bits per heavy atom. The smallest absolute Gasteiger partial charge is 0.100 e. The van der Waals surface area contributed by atoms with Crippen molar-refractivity contribution in [1.29, 1.82) is 0 Å². The lowest BCUT2D eigenvalue weighted by Crippen LogP contribution is -2.10. The van der Waals surface area contributed by atoms with Gasteiger partial charge in [-0.05, 0) is 19.1 Å². The van der Waals surface area contributed by atoms with Gasteiger partial charge >= 0.3 is 0 Å². The molecule has 0 unspecified atom stereocenters. The first-order chi connectivity index (χ1) is 5.27. The molecule has 0 saturated carbocycles. The minimum atomic E-state index is 0.799. The molecule has 2 nitrogen and oxygen atoms in total. The third-order valence-electron chi connectivity index (χ3n) is 1.40. The van der Waals surface area contributed by atoms with Crippen LogP contribution >= 0.6 is 0 Å². The first-order valence-electron chi connectivity index (χ1n) is 3.50. The highest BCUT2D eigenvalue weighted by Gasteiger charge is 2.09. The van der Waals surface area contributed by atoms with Crippen LogP contribution in [-0.2, 0) is 0 Å². The first-order valence-corrected chi connectivity index (χ1v) is 3.50. The average Bonchev–Trinajstić information content (AvgIpc) is 2.32. The molecule has 0 aromatic carbocycles. The van der Waals surface area contributed by atoms with E-state index in [4.69, 9.17) is 0 Å². The van der Waals surface area contributed by atoms with Crippen molar-refractivity contribution in [2.45, 2.75) is 6.92 Å². The Morgan fingerprint density at radius 3 is 2.45 bits per heavy atom. The summed E-state index contributed by atoms with van der Waals surface area (Å²) >= 11 is 0. The Balaban J connectivity index is 2.87. The molecule has 2 N–H and O–H groups in total. The number of hydrogen-bond donors (Lipinski definition) is 2. The van der Waals surface area contributed by atoms with Gasteiger partial charge in [0.05, 0.1) is 11.4 Å². The van der Waals surface area contributed by atoms with Crippen LogP contribution in [0.5, 0.6) is 0 Å². The summed E-state index contributed by atoms with van der Waals surface area (Å²) in [5, 5.41) is 6.11. The first kappa shape index (κ1) is 7.66. The molecule has 0 bridgehead atoms. The van der Waals surface area contributed by atoms with Gasteiger partial charge in [-0.1, -0.05) is 19.2 Å². The third-order valence-corrected chi connectivity index (χ3v) is 1.40. The Morgan fingerprint density at radius 2 is 1.91 bits per heavy atom. The second-order valence-electron chi connectivity index (χ2n) is 2.26. The van der Waals surface area contributed by atoms with Crippen LogP contribution < -0.4 is 10.6 Å². The second kappa shape index (κ2) is 3.10. The molecule has 2 heteroatoms. The molecule has 1 rings (SSSR count). The average molecular weight is 148 g/mol. The van der Waals surface area contributed by atoms with Crippen LogP contribution in [0.2, 0.25) is 0 Å². The Hall–Kier alpha value is -1.44. The number of rotatable bonds is 2. The topological polar surface area (TPSA) is 24.1 Å². The molecular weight excluding hydrogens is 136 g/mol. The predicted molar refractivity (Wildman–Crippen MR) is 47.4 cm³/mol. The molecule has 1 aliphatic rings. The number of allylic oxidation sites excluding steroid dienone is 3. The molecule has 1 heterocycles. The van der Waals surface area contributed by atoms with E-state index in [9.17, 15) is 0 Å². The van der Waals surface area contributed by atoms with Crippen molar-refractivity contribution < 1.29 is 0 Å². The predicted octanol–water partition coefficient (Wildman–Crippen LogP) is 1.62. The lowest BCUT2D eigenvalue weighted by Gasteiger charge is -1.94. The van der Waals surface area contributed by atoms with Gasteiger partial charge in [-0.15, -0.1) is 0 Å². The molecule has 0 aliphatic carbocycles. The lowest BCUT2D eigenvalue weighted by molar-refractivity contribution is 0.968. The molecule has 11 heavy (non-hydrogen) atoms. The number of nitrogens with one attached hydrogen (secondary N) is 2. The maximum absolute atomic E-state index is 3.74. The van der Waals surface area contributed by atoms with Gasteiger partial charge < -0.3 is 10.6 Å². The fraction of sp³-hybridized carbons (Fsp3) is 0.111. The molecular formula is C9H12N2. The summed E-state index contributed by atoms with van der Waals surface area (Å²) in [5.41, 5.74) is 2.00. The van der Waals surface area contributed by atoms with E-state index in [-0.39, 0.29) is 0 Å². The molecule has 58 valence electrons. The summed E-state index contributed by atoms with van der Waals surface area (Å²) < 4.78 is 0. The summed E-state index contributed by atoms with van der Waals surface area (Å²) in [6, 6.07) is 0. The zero-order valence-electron chi connectivity index (χ0n) is 6.65. The van der Waals surface area contributed by atoms with Crippen molar-refractivity contribution in [2.75, 3.05) is 0 Å². The fourth-order valence-corrected chi connectivity index (χ4v) is 0.950. The quantitative estimate of drug-likeness (QED) is 0.622. The van der Waals surface area contributed by atoms with E-state index in [1.807, 2.05) is 19.1 Å². The van der Waals surface area contributed by atoms with Gasteiger partial charge in [0.15, 0.2) is 0 Å². The van der Waals surface area contributed by atoms with E-state index in [0.29, 0.717) is 0 Å². The minimum absolute atomic E-state index is 0.799. The minimum Gasteiger partial charge on any atom is -0.341 e. The standard InChI is InChI=1S/C9H12N2/c1-4-6-9-8(5-2)10-7(3)11-9/h4-6,10-11H,2-3H2,1H3/b6-4-. The van der Waals surface area contributed by atoms with E-state index >= 15 is 0 Å². The Kier molecular flexibility index (Phi) is 2.16. The zero-order chi connectivity index (χ0) is 8.27. The summed E-state index contributed by atoms with van der Waals surface area (Å²) in [6.07, 6.45) is 5.70. The van der Waals surface area contributed by atoms with Crippen molar-refractivity contribution >= 4 is 0 Å². The zero-order valence-corrected chi connectivity index (χ0v) is 6.65. The fourth-order valence-electron chi connectivity index (χ4n) is 0.950. The summed E-state index contributed by atoms with van der Waals surface area (Å²) in [5.74, 6) is 0.799. The highest BCUT2D eigenvalue weighted by atomic mass is 15.2. The van der Waals surface area contributed by atoms with Gasteiger partial charge in [0, 0.05) is 0 Å². The van der Waals surface area contributed by atoms with Crippen LogP contribution in [0.3, 0.4) is 0 Å². The molecule has 0 atom stereocenters. The molecule has 0 aromatic rings. The highest BCUT2D eigenvalue weighted by molar-refractivity contribution is 5.38. The van der Waals surface area contributed by atoms with Gasteiger partial charge in [-0.25, -0.2) is 0 Å². The van der Waals surface area contributed by atoms with Crippen molar-refractivity contribution in [3.63, 3.8) is 0 Å². The second-order valence-corrected chi connectivity index (χ2v) is 2.26. The number of hydrogen-bond acceptors (Lipinski definition) is 2. The van der Waals surface area contributed by atoms with E-state index in [0.717, 1.165) is 17.2 Å². The summed E-state index contributed by atoms with van der Waals surface area (Å²) in [6.45, 7) is 9.38. The normalized spacial score (nSPS) is 17.0. The van der Waals surface area contributed by atoms with Crippen molar-refractivity contribution in [3.8, 4) is 0 Å². The van der Waals surface area contributed by atoms with Gasteiger partial charge in [0.25, 0.3) is 0 Å². The van der Waals surface area contributed by atoms with E-state index < -0.39 is 0 Å². The third kappa shape index (κ3) is 1.52. The van der Waals surface area contributed by atoms with E-state index in [1.54, 1.807) is 6.08 Å².